The van der Waals surface area contributed by atoms with Crippen LogP contribution in [0.2, 0.25) is 18.1 Å². The summed E-state index contributed by atoms with van der Waals surface area (Å²) in [7, 11) is -1.94. The summed E-state index contributed by atoms with van der Waals surface area (Å²) in [6.07, 6.45) is 1.53. The Labute approximate surface area is 151 Å². The number of nitrogens with one attached hydrogen (secondary N) is 1. The number of hydrogen-bond acceptors (Lipinski definition) is 4. The van der Waals surface area contributed by atoms with Crippen molar-refractivity contribution in [1.29, 1.82) is 0 Å². The maximum absolute atomic E-state index is 12.1. The number of alkyl halides is 1. The molecule has 0 unspecified atom stereocenters. The normalized spacial score (nSPS) is 25.2. The molecule has 1 aliphatic heterocycles. The second kappa shape index (κ2) is 6.90. The molecule has 0 spiro atoms. The Kier molecular flexibility index (Phi) is 5.64. The molecule has 0 saturated carbocycles. The van der Waals surface area contributed by atoms with Crippen LogP contribution in [0.5, 0.6) is 0 Å². The van der Waals surface area contributed by atoms with E-state index in [9.17, 15) is 9.59 Å². The highest BCUT2D eigenvalue weighted by molar-refractivity contribution is 9.09. The molecule has 3 atom stereocenters. The largest absolute Gasteiger partial charge is 0.411 e. The van der Waals surface area contributed by atoms with Crippen molar-refractivity contribution < 1.29 is 9.16 Å². The molecule has 1 saturated heterocycles. The molecule has 0 amide bonds. The quantitative estimate of drug-likeness (QED) is 0.602. The molecule has 0 aromatic carbocycles. The van der Waals surface area contributed by atoms with Gasteiger partial charge in [0.25, 0.3) is 5.56 Å². The third-order valence-corrected chi connectivity index (χ3v) is 10.2. The number of halogens is 1. The summed E-state index contributed by atoms with van der Waals surface area (Å²) in [6.45, 7) is 12.7. The zero-order valence-corrected chi connectivity index (χ0v) is 17.8. The van der Waals surface area contributed by atoms with Crippen LogP contribution in [0.15, 0.2) is 15.8 Å². The zero-order chi connectivity index (χ0) is 18.3. The lowest BCUT2D eigenvalue weighted by Crippen LogP contribution is -2.46. The van der Waals surface area contributed by atoms with E-state index < -0.39 is 20.2 Å². The van der Waals surface area contributed by atoms with Crippen LogP contribution in [0.25, 0.3) is 0 Å². The van der Waals surface area contributed by atoms with Crippen LogP contribution in [0.4, 0.5) is 0 Å². The first-order valence-electron chi connectivity index (χ1n) is 8.17. The summed E-state index contributed by atoms with van der Waals surface area (Å²) in [5.41, 5.74) is -0.320. The van der Waals surface area contributed by atoms with Gasteiger partial charge in [0.15, 0.2) is 8.32 Å². The molecule has 0 radical (unpaired) electrons. The van der Waals surface area contributed by atoms with E-state index in [4.69, 9.17) is 9.16 Å². The molecule has 24 heavy (non-hydrogen) atoms. The lowest BCUT2D eigenvalue weighted by atomic mass is 10.2. The van der Waals surface area contributed by atoms with Gasteiger partial charge in [0.2, 0.25) is 0 Å². The molecule has 1 aromatic heterocycles. The lowest BCUT2D eigenvalue weighted by molar-refractivity contribution is -0.00524. The first-order chi connectivity index (χ1) is 11.0. The van der Waals surface area contributed by atoms with Crippen LogP contribution in [-0.2, 0) is 9.16 Å². The minimum atomic E-state index is -1.94. The number of ether oxygens (including phenoxy) is 1. The summed E-state index contributed by atoms with van der Waals surface area (Å²) in [5.74, 6) is 0. The zero-order valence-electron chi connectivity index (χ0n) is 15.2. The van der Waals surface area contributed by atoms with Crippen molar-refractivity contribution in [3.05, 3.63) is 32.6 Å². The van der Waals surface area contributed by atoms with Gasteiger partial charge in [-0.2, -0.15) is 0 Å². The second-order valence-corrected chi connectivity index (χ2v) is 13.3. The van der Waals surface area contributed by atoms with Gasteiger partial charge in [0, 0.05) is 23.5 Å². The maximum Gasteiger partial charge on any atom is 0.330 e. The van der Waals surface area contributed by atoms with Gasteiger partial charge in [0.1, 0.15) is 6.23 Å². The van der Waals surface area contributed by atoms with Gasteiger partial charge in [-0.3, -0.25) is 14.3 Å². The number of aryl methyl sites for hydroxylation is 1. The van der Waals surface area contributed by atoms with Crippen molar-refractivity contribution in [1.82, 2.24) is 9.55 Å². The molecule has 1 N–H and O–H groups in total. The van der Waals surface area contributed by atoms with Gasteiger partial charge >= 0.3 is 5.69 Å². The average molecular weight is 419 g/mol. The van der Waals surface area contributed by atoms with Gasteiger partial charge in [-0.05, 0) is 25.1 Å². The number of nitrogens with zero attached hydrogens (tertiary/aromatic N) is 1. The summed E-state index contributed by atoms with van der Waals surface area (Å²) in [6, 6.07) is 0. The van der Waals surface area contributed by atoms with Crippen LogP contribution in [0, 0.1) is 6.92 Å². The number of aromatic amines is 1. The van der Waals surface area contributed by atoms with Crippen molar-refractivity contribution >= 4 is 24.2 Å². The van der Waals surface area contributed by atoms with Crippen molar-refractivity contribution in [2.75, 3.05) is 5.33 Å². The molecule has 2 heterocycles. The standard InChI is InChI=1S/C16H27BrN2O4Si/c1-10-9-19(15(21)18-14(10)20)13-7-11(12(8-17)22-13)23-24(5,6)16(2,3)4/h9,11-13H,7-8H2,1-6H3,(H,18,20,21)/t11-,12+,13+/m0/s1. The van der Waals surface area contributed by atoms with Gasteiger partial charge in [-0.15, -0.1) is 0 Å². The number of hydrogen-bond donors (Lipinski definition) is 1. The number of H-pyrrole nitrogens is 1. The van der Waals surface area contributed by atoms with Gasteiger partial charge in [0.05, 0.1) is 12.2 Å². The highest BCUT2D eigenvalue weighted by Crippen LogP contribution is 2.41. The molecule has 2 rings (SSSR count). The number of aromatic nitrogens is 2. The SMILES string of the molecule is Cc1cn([C@H]2C[C@H](O[Si](C)(C)C(C)(C)C)[C@@H](CBr)O2)c(=O)[nH]c1=O. The van der Waals surface area contributed by atoms with Crippen LogP contribution in [-0.4, -0.2) is 35.4 Å². The van der Waals surface area contributed by atoms with E-state index in [0.29, 0.717) is 17.3 Å². The lowest BCUT2D eigenvalue weighted by Gasteiger charge is -2.39. The second-order valence-electron chi connectivity index (χ2n) is 7.91. The summed E-state index contributed by atoms with van der Waals surface area (Å²) in [5, 5.41) is 0.743. The van der Waals surface area contributed by atoms with Gasteiger partial charge in [-0.1, -0.05) is 36.7 Å². The van der Waals surface area contributed by atoms with E-state index in [1.165, 1.54) is 4.57 Å². The minimum Gasteiger partial charge on any atom is -0.411 e. The Bertz CT molecular complexity index is 707. The molecule has 1 aromatic rings. The molecular formula is C16H27BrN2O4Si. The molecule has 0 aliphatic carbocycles. The molecular weight excluding hydrogens is 392 g/mol. The van der Waals surface area contributed by atoms with Crippen LogP contribution in [0.1, 0.15) is 39.0 Å². The van der Waals surface area contributed by atoms with Crippen LogP contribution < -0.4 is 11.2 Å². The van der Waals surface area contributed by atoms with Crippen LogP contribution in [0.3, 0.4) is 0 Å². The highest BCUT2D eigenvalue weighted by Gasteiger charge is 2.44. The summed E-state index contributed by atoms with van der Waals surface area (Å²) >= 11 is 3.48. The predicted molar refractivity (Wildman–Crippen MR) is 100 cm³/mol. The highest BCUT2D eigenvalue weighted by atomic mass is 79.9. The average Bonchev–Trinajstić information content (AvgIpc) is 2.83. The van der Waals surface area contributed by atoms with Crippen molar-refractivity contribution in [3.8, 4) is 0 Å². The van der Waals surface area contributed by atoms with Gasteiger partial charge in [-0.25, -0.2) is 4.79 Å². The van der Waals surface area contributed by atoms with E-state index in [1.807, 2.05) is 0 Å². The van der Waals surface area contributed by atoms with E-state index >= 15 is 0 Å². The summed E-state index contributed by atoms with van der Waals surface area (Å²) < 4.78 is 14.0. The van der Waals surface area contributed by atoms with Crippen LogP contribution >= 0.6 is 15.9 Å². The van der Waals surface area contributed by atoms with Crippen molar-refractivity contribution in [2.24, 2.45) is 0 Å². The Morgan fingerprint density at radius 1 is 1.42 bits per heavy atom. The molecule has 0 bridgehead atoms. The Hall–Kier alpha value is -0.703. The maximum atomic E-state index is 12.1. The van der Waals surface area contributed by atoms with E-state index in [0.717, 1.165) is 0 Å². The third kappa shape index (κ3) is 3.92. The summed E-state index contributed by atoms with van der Waals surface area (Å²) in [4.78, 5) is 26.0. The van der Waals surface area contributed by atoms with E-state index in [2.05, 4.69) is 54.8 Å². The molecule has 1 fully saturated rings. The third-order valence-electron chi connectivity index (χ3n) is 5.04. The first kappa shape index (κ1) is 19.6. The molecule has 6 nitrogen and oxygen atoms in total. The Morgan fingerprint density at radius 3 is 2.58 bits per heavy atom. The van der Waals surface area contributed by atoms with E-state index in [-0.39, 0.29) is 22.8 Å². The first-order valence-corrected chi connectivity index (χ1v) is 12.2. The Balaban J connectivity index is 2.25. The number of rotatable bonds is 4. The van der Waals surface area contributed by atoms with Gasteiger partial charge < -0.3 is 9.16 Å². The fourth-order valence-electron chi connectivity index (χ4n) is 2.49. The fourth-order valence-corrected chi connectivity index (χ4v) is 4.42. The Morgan fingerprint density at radius 2 is 2.04 bits per heavy atom. The molecule has 1 aliphatic rings. The minimum absolute atomic E-state index is 0.0746. The van der Waals surface area contributed by atoms with Crippen molar-refractivity contribution in [3.63, 3.8) is 0 Å². The monoisotopic (exact) mass is 418 g/mol. The van der Waals surface area contributed by atoms with E-state index in [1.54, 1.807) is 13.1 Å². The topological polar surface area (TPSA) is 73.3 Å². The molecule has 8 heteroatoms. The van der Waals surface area contributed by atoms with Crippen molar-refractivity contribution in [2.45, 2.75) is 70.7 Å². The smallest absolute Gasteiger partial charge is 0.330 e. The molecule has 136 valence electrons. The predicted octanol–water partition coefficient (Wildman–Crippen LogP) is 2.92. The fraction of sp³-hybridized carbons (Fsp3) is 0.750.